The van der Waals surface area contributed by atoms with Gasteiger partial charge in [-0.1, -0.05) is 59.6 Å². The predicted molar refractivity (Wildman–Crippen MR) is 117 cm³/mol. The van der Waals surface area contributed by atoms with Crippen LogP contribution in [0.1, 0.15) is 24.0 Å². The summed E-state index contributed by atoms with van der Waals surface area (Å²) in [5.74, 6) is -0.628. The molecule has 7 heteroatoms. The number of halogens is 2. The summed E-state index contributed by atoms with van der Waals surface area (Å²) in [5, 5.41) is 10.4. The molecule has 0 bridgehead atoms. The fourth-order valence-electron chi connectivity index (χ4n) is 4.12. The molecule has 2 heterocycles. The van der Waals surface area contributed by atoms with E-state index in [1.807, 2.05) is 35.2 Å². The molecule has 2 aromatic rings. The number of rotatable bonds is 5. The van der Waals surface area contributed by atoms with Gasteiger partial charge in [0.15, 0.2) is 0 Å². The smallest absolute Gasteiger partial charge is 0.278 e. The molecule has 1 fully saturated rings. The Hall–Kier alpha value is -2.34. The Morgan fingerprint density at radius 1 is 1.03 bits per heavy atom. The molecule has 156 valence electrons. The molecule has 1 N–H and O–H groups in total. The van der Waals surface area contributed by atoms with Gasteiger partial charge in [0.05, 0.1) is 17.1 Å². The first kappa shape index (κ1) is 20.9. The Kier molecular flexibility index (Phi) is 6.14. The Morgan fingerprint density at radius 2 is 1.80 bits per heavy atom. The van der Waals surface area contributed by atoms with Gasteiger partial charge >= 0.3 is 0 Å². The van der Waals surface area contributed by atoms with Crippen molar-refractivity contribution in [2.75, 3.05) is 19.7 Å². The van der Waals surface area contributed by atoms with Gasteiger partial charge in [0.1, 0.15) is 5.70 Å². The number of likely N-dealkylation sites (tertiary alicyclic amines) is 1. The molecule has 2 aliphatic heterocycles. The van der Waals surface area contributed by atoms with E-state index in [4.69, 9.17) is 23.2 Å². The molecule has 1 atom stereocenters. The molecule has 0 spiro atoms. The summed E-state index contributed by atoms with van der Waals surface area (Å²) in [4.78, 5) is 30.1. The number of carbonyl (C=O) groups is 2. The zero-order valence-electron chi connectivity index (χ0n) is 16.4. The number of hydrogen-bond donors (Lipinski definition) is 1. The second kappa shape index (κ2) is 8.80. The van der Waals surface area contributed by atoms with Crippen LogP contribution in [0.5, 0.6) is 0 Å². The van der Waals surface area contributed by atoms with Gasteiger partial charge < -0.3 is 10.0 Å². The van der Waals surface area contributed by atoms with Crippen LogP contribution in [0.4, 0.5) is 0 Å². The molecule has 0 aromatic heterocycles. The van der Waals surface area contributed by atoms with Crippen LogP contribution in [-0.2, 0) is 16.1 Å². The van der Waals surface area contributed by atoms with Crippen molar-refractivity contribution in [2.24, 2.45) is 5.92 Å². The zero-order chi connectivity index (χ0) is 21.3. The zero-order valence-corrected chi connectivity index (χ0v) is 17.9. The molecule has 2 aliphatic rings. The number of benzene rings is 2. The number of amides is 2. The van der Waals surface area contributed by atoms with Crippen molar-refractivity contribution in [1.29, 1.82) is 0 Å². The number of aliphatic hydroxyl groups excluding tert-OH is 1. The van der Waals surface area contributed by atoms with Crippen molar-refractivity contribution in [3.63, 3.8) is 0 Å². The Morgan fingerprint density at radius 3 is 2.50 bits per heavy atom. The minimum atomic E-state index is -0.366. The highest BCUT2D eigenvalue weighted by molar-refractivity contribution is 6.41. The highest BCUT2D eigenvalue weighted by atomic mass is 35.5. The molecule has 30 heavy (non-hydrogen) atoms. The van der Waals surface area contributed by atoms with E-state index in [0.29, 0.717) is 40.0 Å². The number of aliphatic hydroxyl groups is 1. The van der Waals surface area contributed by atoms with Crippen LogP contribution in [0.15, 0.2) is 54.2 Å². The number of carbonyl (C=O) groups excluding carboxylic acids is 2. The van der Waals surface area contributed by atoms with Gasteiger partial charge in [-0.3, -0.25) is 14.5 Å². The van der Waals surface area contributed by atoms with Crippen molar-refractivity contribution < 1.29 is 14.7 Å². The maximum atomic E-state index is 13.5. The molecule has 5 nitrogen and oxygen atoms in total. The van der Waals surface area contributed by atoms with E-state index in [-0.39, 0.29) is 30.9 Å². The molecule has 0 aliphatic carbocycles. The first-order valence-corrected chi connectivity index (χ1v) is 10.7. The van der Waals surface area contributed by atoms with Crippen LogP contribution in [-0.4, -0.2) is 46.4 Å². The summed E-state index contributed by atoms with van der Waals surface area (Å²) in [7, 11) is 0. The van der Waals surface area contributed by atoms with E-state index >= 15 is 0 Å². The minimum absolute atomic E-state index is 0.0523. The van der Waals surface area contributed by atoms with Crippen molar-refractivity contribution in [2.45, 2.75) is 19.4 Å². The van der Waals surface area contributed by atoms with Crippen molar-refractivity contribution >= 4 is 40.6 Å². The Bertz CT molecular complexity index is 1010. The van der Waals surface area contributed by atoms with Gasteiger partial charge in [-0.15, -0.1) is 0 Å². The van der Waals surface area contributed by atoms with Crippen LogP contribution < -0.4 is 0 Å². The number of imide groups is 1. The largest absolute Gasteiger partial charge is 0.396 e. The summed E-state index contributed by atoms with van der Waals surface area (Å²) in [6, 6.07) is 14.3. The lowest BCUT2D eigenvalue weighted by atomic mass is 9.97. The van der Waals surface area contributed by atoms with E-state index in [1.165, 1.54) is 4.90 Å². The number of hydrogen-bond acceptors (Lipinski definition) is 4. The third kappa shape index (κ3) is 3.97. The van der Waals surface area contributed by atoms with Crippen LogP contribution in [0.3, 0.4) is 0 Å². The van der Waals surface area contributed by atoms with Crippen LogP contribution in [0, 0.1) is 5.92 Å². The second-order valence-electron chi connectivity index (χ2n) is 7.67. The van der Waals surface area contributed by atoms with E-state index in [9.17, 15) is 14.7 Å². The average molecular weight is 445 g/mol. The molecule has 0 saturated carbocycles. The Labute approximate surface area is 185 Å². The maximum Gasteiger partial charge on any atom is 0.278 e. The van der Waals surface area contributed by atoms with Crippen LogP contribution in [0.2, 0.25) is 10.0 Å². The molecular weight excluding hydrogens is 423 g/mol. The van der Waals surface area contributed by atoms with Crippen LogP contribution >= 0.6 is 23.2 Å². The third-order valence-corrected chi connectivity index (χ3v) is 6.17. The number of piperidine rings is 1. The quantitative estimate of drug-likeness (QED) is 0.708. The van der Waals surface area contributed by atoms with E-state index in [0.717, 1.165) is 18.4 Å². The summed E-state index contributed by atoms with van der Waals surface area (Å²) < 4.78 is 0. The second-order valence-corrected chi connectivity index (χ2v) is 8.51. The SMILES string of the molecule is O=C1C(c2ccc(Cl)cc2Cl)=C(N2CCCC(CO)C2)C(=O)N1Cc1ccccc1. The monoisotopic (exact) mass is 444 g/mol. The topological polar surface area (TPSA) is 60.9 Å². The lowest BCUT2D eigenvalue weighted by Crippen LogP contribution is -2.40. The highest BCUT2D eigenvalue weighted by Crippen LogP contribution is 2.38. The molecule has 4 rings (SSSR count). The van der Waals surface area contributed by atoms with E-state index < -0.39 is 0 Å². The molecule has 1 saturated heterocycles. The third-order valence-electron chi connectivity index (χ3n) is 5.62. The van der Waals surface area contributed by atoms with E-state index in [1.54, 1.807) is 18.2 Å². The van der Waals surface area contributed by atoms with Crippen LogP contribution in [0.25, 0.3) is 5.57 Å². The van der Waals surface area contributed by atoms with Gasteiger partial charge in [-0.25, -0.2) is 0 Å². The van der Waals surface area contributed by atoms with Crippen molar-refractivity contribution in [1.82, 2.24) is 9.80 Å². The number of nitrogens with zero attached hydrogens (tertiary/aromatic N) is 2. The van der Waals surface area contributed by atoms with Gasteiger partial charge in [0, 0.05) is 30.3 Å². The minimum Gasteiger partial charge on any atom is -0.396 e. The Balaban J connectivity index is 1.77. The summed E-state index contributed by atoms with van der Waals surface area (Å²) >= 11 is 12.5. The first-order valence-electron chi connectivity index (χ1n) is 9.95. The normalized spacial score (nSPS) is 19.8. The van der Waals surface area contributed by atoms with Gasteiger partial charge in [-0.2, -0.15) is 0 Å². The molecule has 2 amide bonds. The summed E-state index contributed by atoms with van der Waals surface area (Å²) in [5.41, 5.74) is 2.03. The van der Waals surface area contributed by atoms with Crippen molar-refractivity contribution in [3.8, 4) is 0 Å². The summed E-state index contributed by atoms with van der Waals surface area (Å²) in [6.45, 7) is 1.42. The summed E-state index contributed by atoms with van der Waals surface area (Å²) in [6.07, 6.45) is 1.74. The average Bonchev–Trinajstić information content (AvgIpc) is 2.99. The molecule has 1 unspecified atom stereocenters. The predicted octanol–water partition coefficient (Wildman–Crippen LogP) is 3.98. The highest BCUT2D eigenvalue weighted by Gasteiger charge is 2.43. The van der Waals surface area contributed by atoms with Crippen molar-refractivity contribution in [3.05, 3.63) is 75.4 Å². The molecule has 0 radical (unpaired) electrons. The van der Waals surface area contributed by atoms with E-state index in [2.05, 4.69) is 0 Å². The van der Waals surface area contributed by atoms with Gasteiger partial charge in [0.2, 0.25) is 0 Å². The molecule has 2 aromatic carbocycles. The fourth-order valence-corrected chi connectivity index (χ4v) is 4.62. The maximum absolute atomic E-state index is 13.5. The lowest BCUT2D eigenvalue weighted by molar-refractivity contribution is -0.138. The van der Waals surface area contributed by atoms with Gasteiger partial charge in [0.25, 0.3) is 11.8 Å². The van der Waals surface area contributed by atoms with Gasteiger partial charge in [-0.05, 0) is 36.5 Å². The standard InChI is InChI=1S/C23H22Cl2N2O3/c24-17-8-9-18(19(25)11-17)20-21(26-10-4-7-16(12-26)14-28)23(30)27(22(20)29)13-15-5-2-1-3-6-15/h1-3,5-6,8-9,11,16,28H,4,7,10,12-14H2. The molecular formula is C23H22Cl2N2O3. The lowest BCUT2D eigenvalue weighted by Gasteiger charge is -2.34. The fraction of sp³-hybridized carbons (Fsp3) is 0.304. The first-order chi connectivity index (χ1) is 14.5.